The van der Waals surface area contributed by atoms with Crippen LogP contribution in [-0.2, 0) is 15.8 Å². The van der Waals surface area contributed by atoms with Crippen molar-refractivity contribution >= 4 is 23.4 Å². The number of halogens is 3. The van der Waals surface area contributed by atoms with E-state index in [4.69, 9.17) is 4.42 Å². The normalized spacial score (nSPS) is 11.0. The summed E-state index contributed by atoms with van der Waals surface area (Å²) >= 11 is 0. The van der Waals surface area contributed by atoms with Crippen LogP contribution in [0, 0.1) is 0 Å². The highest BCUT2D eigenvalue weighted by Gasteiger charge is 2.33. The number of likely N-dealkylation sites (N-methyl/N-ethyl adjacent to an activating group) is 1. The van der Waals surface area contributed by atoms with Crippen LogP contribution in [0.15, 0.2) is 47.3 Å². The van der Waals surface area contributed by atoms with Gasteiger partial charge in [0.2, 0.25) is 11.8 Å². The van der Waals surface area contributed by atoms with Crippen molar-refractivity contribution in [3.05, 3.63) is 54.0 Å². The van der Waals surface area contributed by atoms with Gasteiger partial charge in [-0.1, -0.05) is 12.1 Å². The van der Waals surface area contributed by atoms with Crippen molar-refractivity contribution in [2.75, 3.05) is 25.0 Å². The van der Waals surface area contributed by atoms with Crippen LogP contribution < -0.4 is 10.6 Å². The van der Waals surface area contributed by atoms with E-state index in [1.807, 2.05) is 0 Å². The Bertz CT molecular complexity index is 851. The third kappa shape index (κ3) is 6.37. The fourth-order valence-electron chi connectivity index (χ4n) is 2.52. The second kappa shape index (κ2) is 9.76. The first kappa shape index (κ1) is 22.0. The Kier molecular flexibility index (Phi) is 7.40. The molecule has 1 aromatic heterocycles. The molecule has 1 heterocycles. The van der Waals surface area contributed by atoms with E-state index in [0.717, 1.165) is 12.1 Å². The molecule has 156 valence electrons. The molecule has 29 heavy (non-hydrogen) atoms. The van der Waals surface area contributed by atoms with E-state index >= 15 is 0 Å². The standard InChI is InChI=1S/C19H20F3N3O4/c1-2-25(17(27)7-9-23-18(28)13-8-10-29-12-13)11-16(26)24-15-6-4-3-5-14(15)19(20,21)22/h3-6,8,10,12H,2,7,9,11H2,1H3,(H,23,28)(H,24,26). The molecule has 0 fully saturated rings. The van der Waals surface area contributed by atoms with Crippen molar-refractivity contribution < 1.29 is 32.0 Å². The minimum Gasteiger partial charge on any atom is -0.472 e. The fraction of sp³-hybridized carbons (Fsp3) is 0.316. The van der Waals surface area contributed by atoms with Gasteiger partial charge in [0.15, 0.2) is 0 Å². The zero-order valence-electron chi connectivity index (χ0n) is 15.6. The van der Waals surface area contributed by atoms with Gasteiger partial charge in [0.05, 0.1) is 29.6 Å². The van der Waals surface area contributed by atoms with E-state index in [-0.39, 0.29) is 25.2 Å². The zero-order chi connectivity index (χ0) is 21.4. The molecule has 0 atom stereocenters. The van der Waals surface area contributed by atoms with Crippen LogP contribution >= 0.6 is 0 Å². The van der Waals surface area contributed by atoms with Crippen LogP contribution in [0.25, 0.3) is 0 Å². The summed E-state index contributed by atoms with van der Waals surface area (Å²) < 4.78 is 43.8. The second-order valence-electron chi connectivity index (χ2n) is 6.02. The lowest BCUT2D eigenvalue weighted by Crippen LogP contribution is -2.39. The molecule has 0 unspecified atom stereocenters. The minimum absolute atomic E-state index is 0.0396. The highest BCUT2D eigenvalue weighted by Crippen LogP contribution is 2.34. The molecule has 0 bridgehead atoms. The maximum absolute atomic E-state index is 13.0. The second-order valence-corrected chi connectivity index (χ2v) is 6.02. The maximum atomic E-state index is 13.0. The Morgan fingerprint density at radius 2 is 1.86 bits per heavy atom. The van der Waals surface area contributed by atoms with E-state index in [0.29, 0.717) is 5.56 Å². The Morgan fingerprint density at radius 3 is 2.48 bits per heavy atom. The van der Waals surface area contributed by atoms with E-state index in [9.17, 15) is 27.6 Å². The molecule has 0 aliphatic rings. The first-order valence-electron chi connectivity index (χ1n) is 8.76. The van der Waals surface area contributed by atoms with Crippen LogP contribution in [0.4, 0.5) is 18.9 Å². The van der Waals surface area contributed by atoms with Gasteiger partial charge >= 0.3 is 6.18 Å². The SMILES string of the molecule is CCN(CC(=O)Nc1ccccc1C(F)(F)F)C(=O)CCNC(=O)c1ccoc1. The van der Waals surface area contributed by atoms with Gasteiger partial charge in [0.1, 0.15) is 6.26 Å². The quantitative estimate of drug-likeness (QED) is 0.699. The summed E-state index contributed by atoms with van der Waals surface area (Å²) in [5, 5.41) is 4.74. The molecule has 7 nitrogen and oxygen atoms in total. The molecule has 0 saturated carbocycles. The van der Waals surface area contributed by atoms with Crippen LogP contribution in [-0.4, -0.2) is 42.3 Å². The number of rotatable bonds is 8. The largest absolute Gasteiger partial charge is 0.472 e. The Balaban J connectivity index is 1.88. The van der Waals surface area contributed by atoms with Gasteiger partial charge in [-0.25, -0.2) is 0 Å². The average Bonchev–Trinajstić information content (AvgIpc) is 3.20. The molecule has 0 aliphatic carbocycles. The molecule has 3 amide bonds. The molecule has 2 aromatic rings. The van der Waals surface area contributed by atoms with E-state index in [1.54, 1.807) is 6.92 Å². The molecule has 1 aromatic carbocycles. The molecule has 2 rings (SSSR count). The van der Waals surface area contributed by atoms with Gasteiger partial charge in [0, 0.05) is 19.5 Å². The van der Waals surface area contributed by atoms with Crippen LogP contribution in [0.2, 0.25) is 0 Å². The smallest absolute Gasteiger partial charge is 0.418 e. The summed E-state index contributed by atoms with van der Waals surface area (Å²) in [7, 11) is 0. The predicted molar refractivity (Wildman–Crippen MR) is 98.0 cm³/mol. The van der Waals surface area contributed by atoms with E-state index in [2.05, 4.69) is 10.6 Å². The summed E-state index contributed by atoms with van der Waals surface area (Å²) in [6, 6.07) is 6.07. The zero-order valence-corrected chi connectivity index (χ0v) is 15.6. The maximum Gasteiger partial charge on any atom is 0.418 e. The van der Waals surface area contributed by atoms with Gasteiger partial charge in [0.25, 0.3) is 5.91 Å². The minimum atomic E-state index is -4.61. The highest BCUT2D eigenvalue weighted by atomic mass is 19.4. The number of hydrogen-bond donors (Lipinski definition) is 2. The number of furan rings is 1. The molecule has 2 N–H and O–H groups in total. The van der Waals surface area contributed by atoms with Crippen molar-refractivity contribution in [1.29, 1.82) is 0 Å². The number of amides is 3. The van der Waals surface area contributed by atoms with Crippen molar-refractivity contribution in [3.8, 4) is 0 Å². The summed E-state index contributed by atoms with van der Waals surface area (Å²) in [5.41, 5.74) is -1.03. The number of alkyl halides is 3. The Morgan fingerprint density at radius 1 is 1.14 bits per heavy atom. The highest BCUT2D eigenvalue weighted by molar-refractivity contribution is 5.96. The summed E-state index contributed by atoms with van der Waals surface area (Å²) in [6.45, 7) is 1.46. The lowest BCUT2D eigenvalue weighted by atomic mass is 10.1. The molecular formula is C19H20F3N3O4. The number of carbonyl (C=O) groups excluding carboxylic acids is 3. The van der Waals surface area contributed by atoms with Crippen molar-refractivity contribution in [3.63, 3.8) is 0 Å². The van der Waals surface area contributed by atoms with E-state index < -0.39 is 36.0 Å². The number of nitrogens with one attached hydrogen (secondary N) is 2. The predicted octanol–water partition coefficient (Wildman–Crippen LogP) is 2.91. The number of para-hydroxylation sites is 1. The van der Waals surface area contributed by atoms with E-state index in [1.165, 1.54) is 35.6 Å². The first-order chi connectivity index (χ1) is 13.7. The van der Waals surface area contributed by atoms with Crippen molar-refractivity contribution in [2.45, 2.75) is 19.5 Å². The lowest BCUT2D eigenvalue weighted by Gasteiger charge is -2.21. The molecule has 0 saturated heterocycles. The van der Waals surface area contributed by atoms with Gasteiger partial charge in [-0.2, -0.15) is 13.2 Å². The van der Waals surface area contributed by atoms with Crippen LogP contribution in [0.3, 0.4) is 0 Å². The number of carbonyl (C=O) groups is 3. The van der Waals surface area contributed by atoms with Crippen LogP contribution in [0.5, 0.6) is 0 Å². The van der Waals surface area contributed by atoms with Gasteiger partial charge in [-0.3, -0.25) is 14.4 Å². The summed E-state index contributed by atoms with van der Waals surface area (Å²) in [6.07, 6.45) is -2.08. The fourth-order valence-corrected chi connectivity index (χ4v) is 2.52. The molecule has 0 spiro atoms. The topological polar surface area (TPSA) is 91.7 Å². The average molecular weight is 411 g/mol. The first-order valence-corrected chi connectivity index (χ1v) is 8.76. The number of hydrogen-bond acceptors (Lipinski definition) is 4. The number of anilines is 1. The van der Waals surface area contributed by atoms with Gasteiger partial charge in [-0.15, -0.1) is 0 Å². The van der Waals surface area contributed by atoms with Crippen molar-refractivity contribution in [2.24, 2.45) is 0 Å². The Hall–Kier alpha value is -3.30. The lowest BCUT2D eigenvalue weighted by molar-refractivity contribution is -0.137. The molecule has 10 heteroatoms. The van der Waals surface area contributed by atoms with Crippen LogP contribution in [0.1, 0.15) is 29.3 Å². The summed E-state index contributed by atoms with van der Waals surface area (Å²) in [5.74, 6) is -1.57. The molecular weight excluding hydrogens is 391 g/mol. The Labute approximate surface area is 164 Å². The molecule has 0 radical (unpaired) electrons. The summed E-state index contributed by atoms with van der Waals surface area (Å²) in [4.78, 5) is 37.4. The van der Waals surface area contributed by atoms with Crippen molar-refractivity contribution in [1.82, 2.24) is 10.2 Å². The van der Waals surface area contributed by atoms with Gasteiger partial charge < -0.3 is 20.0 Å². The number of benzene rings is 1. The molecule has 0 aliphatic heterocycles. The third-order valence-corrected chi connectivity index (χ3v) is 3.98. The third-order valence-electron chi connectivity index (χ3n) is 3.98. The van der Waals surface area contributed by atoms with Gasteiger partial charge in [-0.05, 0) is 25.1 Å². The monoisotopic (exact) mass is 411 g/mol. The number of nitrogens with zero attached hydrogens (tertiary/aromatic N) is 1.